The zero-order valence-electron chi connectivity index (χ0n) is 20.7. The molecule has 4 heterocycles. The summed E-state index contributed by atoms with van der Waals surface area (Å²) >= 11 is 0. The zero-order valence-corrected chi connectivity index (χ0v) is 20.7. The smallest absolute Gasteiger partial charge is 0.256 e. The van der Waals surface area contributed by atoms with Crippen molar-refractivity contribution < 1.29 is 18.0 Å². The molecule has 37 heavy (non-hydrogen) atoms. The van der Waals surface area contributed by atoms with E-state index < -0.39 is 18.8 Å². The molecule has 1 aromatic carbocycles. The van der Waals surface area contributed by atoms with E-state index in [1.807, 2.05) is 4.90 Å². The number of aromatic nitrogens is 5. The van der Waals surface area contributed by atoms with E-state index in [2.05, 4.69) is 25.3 Å². The Morgan fingerprint density at radius 3 is 2.70 bits per heavy atom. The molecule has 1 saturated carbocycles. The molecule has 0 unspecified atom stereocenters. The highest BCUT2D eigenvalue weighted by Crippen LogP contribution is 2.44. The maximum atomic E-state index is 14.9. The lowest BCUT2D eigenvalue weighted by atomic mass is 9.67. The fourth-order valence-electron chi connectivity index (χ4n) is 5.90. The fourth-order valence-corrected chi connectivity index (χ4v) is 5.90. The normalized spacial score (nSPS) is 17.7. The molecule has 1 aliphatic heterocycles. The van der Waals surface area contributed by atoms with E-state index in [9.17, 15) is 18.0 Å². The SMILES string of the molecule is CC(=O)N1CC2(CCC(Nc3ncc4c(-c5cc(F)c6nc(C)n(CC(F)F)c6c5)c[nH]c4n3)CC2)C1. The first-order valence-electron chi connectivity index (χ1n) is 12.5. The predicted molar refractivity (Wildman–Crippen MR) is 134 cm³/mol. The van der Waals surface area contributed by atoms with E-state index in [0.717, 1.165) is 38.8 Å². The molecule has 1 amide bonds. The van der Waals surface area contributed by atoms with Gasteiger partial charge in [-0.2, -0.15) is 4.98 Å². The summed E-state index contributed by atoms with van der Waals surface area (Å²) in [6.45, 7) is 4.39. The monoisotopic (exact) mass is 511 g/mol. The van der Waals surface area contributed by atoms with Crippen LogP contribution in [0.15, 0.2) is 24.5 Å². The van der Waals surface area contributed by atoms with E-state index in [0.29, 0.717) is 39.4 Å². The lowest BCUT2D eigenvalue weighted by Crippen LogP contribution is -2.59. The van der Waals surface area contributed by atoms with Crippen molar-refractivity contribution in [2.24, 2.45) is 5.41 Å². The van der Waals surface area contributed by atoms with E-state index >= 15 is 0 Å². The Bertz CT molecular complexity index is 1500. The van der Waals surface area contributed by atoms with Crippen molar-refractivity contribution in [3.63, 3.8) is 0 Å². The van der Waals surface area contributed by atoms with Crippen molar-refractivity contribution in [1.29, 1.82) is 0 Å². The first kappa shape index (κ1) is 23.7. The molecule has 6 rings (SSSR count). The van der Waals surface area contributed by atoms with Crippen LogP contribution in [0.25, 0.3) is 33.2 Å². The summed E-state index contributed by atoms with van der Waals surface area (Å²) < 4.78 is 42.5. The molecule has 2 N–H and O–H groups in total. The number of likely N-dealkylation sites (tertiary alicyclic amines) is 1. The van der Waals surface area contributed by atoms with Gasteiger partial charge in [0.1, 0.15) is 17.0 Å². The summed E-state index contributed by atoms with van der Waals surface area (Å²) in [5.41, 5.74) is 2.50. The Morgan fingerprint density at radius 2 is 2.00 bits per heavy atom. The van der Waals surface area contributed by atoms with Crippen LogP contribution in [-0.2, 0) is 11.3 Å². The number of hydrogen-bond acceptors (Lipinski definition) is 5. The number of rotatable bonds is 5. The summed E-state index contributed by atoms with van der Waals surface area (Å²) in [5, 5.41) is 4.15. The number of halogens is 3. The average Bonchev–Trinajstić information content (AvgIpc) is 3.39. The number of aryl methyl sites for hydroxylation is 1. The summed E-state index contributed by atoms with van der Waals surface area (Å²) in [4.78, 5) is 29.8. The lowest BCUT2D eigenvalue weighted by molar-refractivity contribution is -0.143. The number of alkyl halides is 2. The van der Waals surface area contributed by atoms with Gasteiger partial charge in [0.05, 0.1) is 12.1 Å². The van der Waals surface area contributed by atoms with Gasteiger partial charge in [-0.1, -0.05) is 0 Å². The highest BCUT2D eigenvalue weighted by Gasteiger charge is 2.46. The number of imidazole rings is 1. The minimum Gasteiger partial charge on any atom is -0.351 e. The van der Waals surface area contributed by atoms with E-state index in [4.69, 9.17) is 0 Å². The van der Waals surface area contributed by atoms with Gasteiger partial charge in [0.2, 0.25) is 11.9 Å². The number of aromatic amines is 1. The number of anilines is 1. The average molecular weight is 512 g/mol. The van der Waals surface area contributed by atoms with Crippen molar-refractivity contribution in [1.82, 2.24) is 29.4 Å². The number of hydrogen-bond donors (Lipinski definition) is 2. The van der Waals surface area contributed by atoms with Gasteiger partial charge in [0.15, 0.2) is 5.82 Å². The standard InChI is InChI=1S/C26H28F3N7O/c1-14-32-23-20(27)7-16(8-21(23)36(14)11-22(28)29)18-9-30-24-19(18)10-31-25(34-24)33-17-3-5-26(6-4-17)12-35(13-26)15(2)37/h7-10,17,22H,3-6,11-13H2,1-2H3,(H2,30,31,33,34). The number of H-pyrrole nitrogens is 1. The maximum Gasteiger partial charge on any atom is 0.256 e. The number of amides is 1. The largest absolute Gasteiger partial charge is 0.351 e. The topological polar surface area (TPSA) is 91.7 Å². The van der Waals surface area contributed by atoms with Gasteiger partial charge in [-0.15, -0.1) is 0 Å². The minimum atomic E-state index is -2.58. The number of fused-ring (bicyclic) bond motifs is 2. The minimum absolute atomic E-state index is 0.0784. The van der Waals surface area contributed by atoms with Gasteiger partial charge in [0.25, 0.3) is 6.43 Å². The third-order valence-corrected chi connectivity index (χ3v) is 7.94. The predicted octanol–water partition coefficient (Wildman–Crippen LogP) is 4.89. The second-order valence-electron chi connectivity index (χ2n) is 10.4. The number of carbonyl (C=O) groups excluding carboxylic acids is 1. The third-order valence-electron chi connectivity index (χ3n) is 7.94. The quantitative estimate of drug-likeness (QED) is 0.398. The number of nitrogens with zero attached hydrogens (tertiary/aromatic N) is 5. The van der Waals surface area contributed by atoms with Gasteiger partial charge >= 0.3 is 0 Å². The molecule has 194 valence electrons. The van der Waals surface area contributed by atoms with Crippen LogP contribution in [0.3, 0.4) is 0 Å². The van der Waals surface area contributed by atoms with Crippen LogP contribution in [0.2, 0.25) is 0 Å². The second-order valence-corrected chi connectivity index (χ2v) is 10.4. The van der Waals surface area contributed by atoms with Gasteiger partial charge in [-0.25, -0.2) is 23.1 Å². The van der Waals surface area contributed by atoms with E-state index in [1.54, 1.807) is 32.3 Å². The lowest BCUT2D eigenvalue weighted by Gasteiger charge is -2.53. The molecule has 0 bridgehead atoms. The first-order chi connectivity index (χ1) is 17.7. The number of benzene rings is 1. The van der Waals surface area contributed by atoms with E-state index in [-0.39, 0.29) is 22.9 Å². The highest BCUT2D eigenvalue weighted by atomic mass is 19.3. The van der Waals surface area contributed by atoms with Crippen LogP contribution >= 0.6 is 0 Å². The molecule has 1 aliphatic carbocycles. The molecule has 3 aromatic heterocycles. The number of carbonyl (C=O) groups is 1. The van der Waals surface area contributed by atoms with Gasteiger partial charge in [-0.3, -0.25) is 4.79 Å². The van der Waals surface area contributed by atoms with Crippen LogP contribution in [0.5, 0.6) is 0 Å². The van der Waals surface area contributed by atoms with Crippen molar-refractivity contribution in [2.45, 2.75) is 58.5 Å². The molecule has 11 heteroatoms. The molecular formula is C26H28F3N7O. The molecule has 4 aromatic rings. The Hall–Kier alpha value is -3.63. The summed E-state index contributed by atoms with van der Waals surface area (Å²) in [5.74, 6) is 0.444. The molecule has 1 spiro atoms. The van der Waals surface area contributed by atoms with Crippen molar-refractivity contribution >= 4 is 33.9 Å². The third kappa shape index (κ3) is 4.19. The summed E-state index contributed by atoms with van der Waals surface area (Å²) in [7, 11) is 0. The molecule has 2 fully saturated rings. The molecular weight excluding hydrogens is 483 g/mol. The highest BCUT2D eigenvalue weighted by molar-refractivity contribution is 5.96. The Balaban J connectivity index is 1.21. The summed E-state index contributed by atoms with van der Waals surface area (Å²) in [6.07, 6.45) is 4.97. The van der Waals surface area contributed by atoms with Crippen molar-refractivity contribution in [3.8, 4) is 11.1 Å². The van der Waals surface area contributed by atoms with Crippen LogP contribution in [-0.4, -0.2) is 60.9 Å². The van der Waals surface area contributed by atoms with Gasteiger partial charge in [0, 0.05) is 54.8 Å². The Labute approximate surface area is 211 Å². The second kappa shape index (κ2) is 8.74. The maximum absolute atomic E-state index is 14.9. The van der Waals surface area contributed by atoms with Crippen molar-refractivity contribution in [2.75, 3.05) is 18.4 Å². The number of nitrogens with one attached hydrogen (secondary N) is 2. The van der Waals surface area contributed by atoms with Crippen LogP contribution in [0.4, 0.5) is 19.1 Å². The Morgan fingerprint density at radius 1 is 1.24 bits per heavy atom. The van der Waals surface area contributed by atoms with Crippen molar-refractivity contribution in [3.05, 3.63) is 36.2 Å². The van der Waals surface area contributed by atoms with Gasteiger partial charge < -0.3 is 19.8 Å². The molecule has 8 nitrogen and oxygen atoms in total. The van der Waals surface area contributed by atoms with Crippen LogP contribution in [0, 0.1) is 18.2 Å². The van der Waals surface area contributed by atoms with Gasteiger partial charge in [-0.05, 0) is 50.3 Å². The molecule has 0 radical (unpaired) electrons. The van der Waals surface area contributed by atoms with E-state index in [1.165, 1.54) is 10.6 Å². The molecule has 0 atom stereocenters. The van der Waals surface area contributed by atoms with Crippen LogP contribution in [0.1, 0.15) is 38.4 Å². The van der Waals surface area contributed by atoms with Crippen LogP contribution < -0.4 is 5.32 Å². The molecule has 2 aliphatic rings. The molecule has 1 saturated heterocycles. The first-order valence-corrected chi connectivity index (χ1v) is 12.5. The summed E-state index contributed by atoms with van der Waals surface area (Å²) in [6, 6.07) is 3.31. The Kier molecular flexibility index (Phi) is 5.61. The fraction of sp³-hybridized carbons (Fsp3) is 0.462. The zero-order chi connectivity index (χ0) is 25.9.